The number of benzene rings is 1. The van der Waals surface area contributed by atoms with Crippen molar-refractivity contribution in [1.82, 2.24) is 0 Å². The van der Waals surface area contributed by atoms with Gasteiger partial charge in [-0.05, 0) is 17.6 Å². The topological polar surface area (TPSA) is 52.6 Å². The number of hydrogen-bond acceptors (Lipinski definition) is 4. The lowest BCUT2D eigenvalue weighted by atomic mass is 9.79. The molecule has 1 aromatic carbocycles. The Morgan fingerprint density at radius 1 is 1.05 bits per heavy atom. The fraction of sp³-hybridized carbons (Fsp3) is 0.250. The maximum absolute atomic E-state index is 11.9. The van der Waals surface area contributed by atoms with Gasteiger partial charge in [-0.25, -0.2) is 0 Å². The van der Waals surface area contributed by atoms with E-state index in [1.807, 2.05) is 36.4 Å². The molecular weight excluding hydrogens is 256 g/mol. The van der Waals surface area contributed by atoms with Crippen LogP contribution in [0.3, 0.4) is 0 Å². The van der Waals surface area contributed by atoms with Crippen LogP contribution in [0.1, 0.15) is 12.0 Å². The van der Waals surface area contributed by atoms with E-state index >= 15 is 0 Å². The lowest BCUT2D eigenvalue weighted by Gasteiger charge is -2.26. The Balaban J connectivity index is 2.31. The highest BCUT2D eigenvalue weighted by Crippen LogP contribution is 2.35. The molecule has 0 bridgehead atoms. The largest absolute Gasteiger partial charge is 0.468 e. The monoisotopic (exact) mass is 272 g/mol. The number of ether oxygens (including phenoxy) is 2. The summed E-state index contributed by atoms with van der Waals surface area (Å²) in [6.45, 7) is 0. The first kappa shape index (κ1) is 14.1. The van der Waals surface area contributed by atoms with Gasteiger partial charge in [0.25, 0.3) is 0 Å². The van der Waals surface area contributed by atoms with Crippen LogP contribution in [0.5, 0.6) is 0 Å². The van der Waals surface area contributed by atoms with Gasteiger partial charge < -0.3 is 9.47 Å². The summed E-state index contributed by atoms with van der Waals surface area (Å²) >= 11 is 0. The molecule has 1 aromatic rings. The third-order valence-corrected chi connectivity index (χ3v) is 3.40. The Labute approximate surface area is 117 Å². The predicted octanol–water partition coefficient (Wildman–Crippen LogP) is 2.36. The summed E-state index contributed by atoms with van der Waals surface area (Å²) in [5.41, 5.74) is 0.628. The normalized spacial score (nSPS) is 16.2. The Bertz CT molecular complexity index is 553. The molecule has 0 N–H and O–H groups in total. The Morgan fingerprint density at radius 2 is 1.65 bits per heavy atom. The Hall–Kier alpha value is -2.36. The van der Waals surface area contributed by atoms with Crippen molar-refractivity contribution < 1.29 is 19.1 Å². The molecule has 0 aromatic heterocycles. The summed E-state index contributed by atoms with van der Waals surface area (Å²) in [7, 11) is 2.52. The molecule has 0 saturated heterocycles. The van der Waals surface area contributed by atoms with Crippen LogP contribution in [-0.4, -0.2) is 26.2 Å². The van der Waals surface area contributed by atoms with Crippen molar-refractivity contribution in [3.63, 3.8) is 0 Å². The third kappa shape index (κ3) is 2.37. The first-order valence-electron chi connectivity index (χ1n) is 6.25. The minimum Gasteiger partial charge on any atom is -0.468 e. The van der Waals surface area contributed by atoms with Crippen molar-refractivity contribution in [1.29, 1.82) is 0 Å². The number of methoxy groups -OCH3 is 2. The van der Waals surface area contributed by atoms with E-state index in [1.165, 1.54) is 14.2 Å². The summed E-state index contributed by atoms with van der Waals surface area (Å²) in [6.07, 6.45) is 5.40. The molecule has 2 rings (SSSR count). The molecule has 0 unspecified atom stereocenters. The van der Waals surface area contributed by atoms with Gasteiger partial charge in [0.1, 0.15) is 0 Å². The summed E-state index contributed by atoms with van der Waals surface area (Å²) in [5, 5.41) is 0. The van der Waals surface area contributed by atoms with E-state index in [-0.39, 0.29) is 6.42 Å². The minimum atomic E-state index is -1.37. The minimum absolute atomic E-state index is 0.229. The van der Waals surface area contributed by atoms with Crippen molar-refractivity contribution in [2.75, 3.05) is 14.2 Å². The molecule has 0 atom stereocenters. The fourth-order valence-electron chi connectivity index (χ4n) is 2.23. The van der Waals surface area contributed by atoms with Crippen molar-refractivity contribution in [3.8, 4) is 0 Å². The van der Waals surface area contributed by atoms with Gasteiger partial charge in [0.05, 0.1) is 14.2 Å². The van der Waals surface area contributed by atoms with Gasteiger partial charge in [-0.3, -0.25) is 9.59 Å². The maximum Gasteiger partial charge on any atom is 0.327 e. The van der Waals surface area contributed by atoms with Crippen LogP contribution in [0.2, 0.25) is 0 Å². The SMILES string of the molecule is COC(=O)C1(C(=O)OC)C=CC(c2ccccc2)=CC1. The van der Waals surface area contributed by atoms with Gasteiger partial charge in [-0.1, -0.05) is 48.6 Å². The second-order valence-corrected chi connectivity index (χ2v) is 4.52. The number of allylic oxidation sites excluding steroid dienone is 3. The van der Waals surface area contributed by atoms with Gasteiger partial charge in [-0.15, -0.1) is 0 Å². The molecule has 0 saturated carbocycles. The van der Waals surface area contributed by atoms with E-state index in [0.717, 1.165) is 11.1 Å². The molecule has 0 spiro atoms. The molecule has 0 radical (unpaired) electrons. The number of hydrogen-bond donors (Lipinski definition) is 0. The molecular formula is C16H16O4. The van der Waals surface area contributed by atoms with E-state index in [4.69, 9.17) is 9.47 Å². The molecule has 0 heterocycles. The lowest BCUT2D eigenvalue weighted by Crippen LogP contribution is -2.40. The van der Waals surface area contributed by atoms with Crippen LogP contribution in [0, 0.1) is 5.41 Å². The molecule has 4 heteroatoms. The highest BCUT2D eigenvalue weighted by Gasteiger charge is 2.46. The number of rotatable bonds is 3. The van der Waals surface area contributed by atoms with Crippen molar-refractivity contribution in [2.45, 2.75) is 6.42 Å². The van der Waals surface area contributed by atoms with Crippen LogP contribution in [-0.2, 0) is 19.1 Å². The molecule has 0 aliphatic heterocycles. The Morgan fingerprint density at radius 3 is 2.10 bits per heavy atom. The van der Waals surface area contributed by atoms with Crippen molar-refractivity contribution in [2.24, 2.45) is 5.41 Å². The molecule has 4 nitrogen and oxygen atoms in total. The van der Waals surface area contributed by atoms with E-state index in [0.29, 0.717) is 0 Å². The van der Waals surface area contributed by atoms with Crippen LogP contribution in [0.25, 0.3) is 5.57 Å². The highest BCUT2D eigenvalue weighted by molar-refractivity contribution is 6.03. The highest BCUT2D eigenvalue weighted by atomic mass is 16.5. The molecule has 1 aliphatic rings. The van der Waals surface area contributed by atoms with Crippen molar-refractivity contribution in [3.05, 3.63) is 54.1 Å². The van der Waals surface area contributed by atoms with Gasteiger partial charge >= 0.3 is 11.9 Å². The number of esters is 2. The van der Waals surface area contributed by atoms with E-state index < -0.39 is 17.4 Å². The van der Waals surface area contributed by atoms with Crippen LogP contribution >= 0.6 is 0 Å². The molecule has 0 fully saturated rings. The van der Waals surface area contributed by atoms with Crippen LogP contribution < -0.4 is 0 Å². The molecule has 20 heavy (non-hydrogen) atoms. The van der Waals surface area contributed by atoms with Crippen LogP contribution in [0.4, 0.5) is 0 Å². The fourth-order valence-corrected chi connectivity index (χ4v) is 2.23. The summed E-state index contributed by atoms with van der Waals surface area (Å²) < 4.78 is 9.47. The van der Waals surface area contributed by atoms with E-state index in [1.54, 1.807) is 12.2 Å². The lowest BCUT2D eigenvalue weighted by molar-refractivity contribution is -0.164. The second-order valence-electron chi connectivity index (χ2n) is 4.52. The number of carbonyl (C=O) groups is 2. The average Bonchev–Trinajstić information content (AvgIpc) is 2.54. The van der Waals surface area contributed by atoms with Crippen LogP contribution in [0.15, 0.2) is 48.6 Å². The predicted molar refractivity (Wildman–Crippen MR) is 74.6 cm³/mol. The summed E-state index contributed by atoms with van der Waals surface area (Å²) in [4.78, 5) is 23.9. The smallest absolute Gasteiger partial charge is 0.327 e. The zero-order chi connectivity index (χ0) is 14.6. The van der Waals surface area contributed by atoms with Gasteiger partial charge in [0, 0.05) is 0 Å². The molecule has 1 aliphatic carbocycles. The maximum atomic E-state index is 11.9. The zero-order valence-corrected chi connectivity index (χ0v) is 11.5. The Kier molecular flexibility index (Phi) is 4.03. The summed E-state index contributed by atoms with van der Waals surface area (Å²) in [5.74, 6) is -1.21. The molecule has 104 valence electrons. The van der Waals surface area contributed by atoms with E-state index in [2.05, 4.69) is 0 Å². The van der Waals surface area contributed by atoms with Gasteiger partial charge in [-0.2, -0.15) is 0 Å². The van der Waals surface area contributed by atoms with E-state index in [9.17, 15) is 9.59 Å². The average molecular weight is 272 g/mol. The third-order valence-electron chi connectivity index (χ3n) is 3.40. The van der Waals surface area contributed by atoms with Crippen molar-refractivity contribution >= 4 is 17.5 Å². The zero-order valence-electron chi connectivity index (χ0n) is 11.5. The van der Waals surface area contributed by atoms with Gasteiger partial charge in [0.15, 0.2) is 5.41 Å². The molecule has 0 amide bonds. The standard InChI is InChI=1S/C16H16O4/c1-19-14(17)16(15(18)20-2)10-8-13(9-11-16)12-6-4-3-5-7-12/h3-10H,11H2,1-2H3. The number of carbonyl (C=O) groups excluding carboxylic acids is 2. The first-order chi connectivity index (χ1) is 9.64. The summed E-state index contributed by atoms with van der Waals surface area (Å²) in [6, 6.07) is 9.75. The second kappa shape index (κ2) is 5.74. The quantitative estimate of drug-likeness (QED) is 0.626. The van der Waals surface area contributed by atoms with Gasteiger partial charge in [0.2, 0.25) is 0 Å². The first-order valence-corrected chi connectivity index (χ1v) is 6.25.